The molecule has 2 heterocycles. The minimum Gasteiger partial charge on any atom is -0.299 e. The van der Waals surface area contributed by atoms with E-state index in [9.17, 15) is 4.79 Å². The Morgan fingerprint density at radius 3 is 2.67 bits per heavy atom. The van der Waals surface area contributed by atoms with Gasteiger partial charge < -0.3 is 0 Å². The number of ketones is 1. The average Bonchev–Trinajstić information content (AvgIpc) is 2.41. The Hall–Kier alpha value is -1.15. The maximum Gasteiger partial charge on any atom is 0.139 e. The molecule has 3 rings (SSSR count). The summed E-state index contributed by atoms with van der Waals surface area (Å²) in [5.74, 6) is 1.35. The largest absolute Gasteiger partial charge is 0.299 e. The first kappa shape index (κ1) is 14.8. The molecule has 1 aromatic rings. The van der Waals surface area contributed by atoms with E-state index >= 15 is 0 Å². The summed E-state index contributed by atoms with van der Waals surface area (Å²) in [5, 5.41) is 0. The van der Waals surface area contributed by atoms with Gasteiger partial charge in [-0.25, -0.2) is 0 Å². The van der Waals surface area contributed by atoms with Crippen LogP contribution in [0.25, 0.3) is 0 Å². The molecule has 0 bridgehead atoms. The Kier molecular flexibility index (Phi) is 3.92. The van der Waals surface area contributed by atoms with E-state index in [1.54, 1.807) is 0 Å². The van der Waals surface area contributed by atoms with Gasteiger partial charge >= 0.3 is 0 Å². The third kappa shape index (κ3) is 2.78. The highest BCUT2D eigenvalue weighted by molar-refractivity contribution is 5.83. The zero-order valence-corrected chi connectivity index (χ0v) is 13.8. The van der Waals surface area contributed by atoms with Crippen molar-refractivity contribution in [3.05, 3.63) is 34.4 Å². The standard InChI is InChI=1S/C19H27NO/c1-12(2)7-16-11-20-6-5-15-8-13(3)14(4)9-17(15)18(20)10-19(16)21/h8-9,12,16,18H,5-7,10-11H2,1-4H3/t16-,18+/m0/s1. The molecule has 2 heteroatoms. The van der Waals surface area contributed by atoms with Crippen LogP contribution in [-0.2, 0) is 11.2 Å². The maximum atomic E-state index is 12.5. The van der Waals surface area contributed by atoms with Gasteiger partial charge in [-0.15, -0.1) is 0 Å². The summed E-state index contributed by atoms with van der Waals surface area (Å²) in [5.41, 5.74) is 5.62. The average molecular weight is 285 g/mol. The Labute approximate surface area is 128 Å². The Balaban J connectivity index is 1.87. The van der Waals surface area contributed by atoms with Crippen LogP contribution in [0.2, 0.25) is 0 Å². The van der Waals surface area contributed by atoms with E-state index in [2.05, 4.69) is 44.7 Å². The molecule has 0 N–H and O–H groups in total. The molecule has 2 aliphatic rings. The fourth-order valence-electron chi connectivity index (χ4n) is 4.02. The molecule has 2 atom stereocenters. The minimum absolute atomic E-state index is 0.259. The summed E-state index contributed by atoms with van der Waals surface area (Å²) < 4.78 is 0. The molecule has 114 valence electrons. The molecule has 21 heavy (non-hydrogen) atoms. The number of piperidine rings is 1. The predicted molar refractivity (Wildman–Crippen MR) is 86.5 cm³/mol. The van der Waals surface area contributed by atoms with Gasteiger partial charge in [-0.2, -0.15) is 0 Å². The van der Waals surface area contributed by atoms with Crippen LogP contribution in [0.5, 0.6) is 0 Å². The zero-order valence-electron chi connectivity index (χ0n) is 13.8. The second kappa shape index (κ2) is 5.57. The molecule has 0 amide bonds. The second-order valence-electron chi connectivity index (χ2n) is 7.39. The first-order valence-corrected chi connectivity index (χ1v) is 8.32. The van der Waals surface area contributed by atoms with Gasteiger partial charge in [0.2, 0.25) is 0 Å². The van der Waals surface area contributed by atoms with E-state index < -0.39 is 0 Å². The van der Waals surface area contributed by atoms with E-state index in [0.717, 1.165) is 25.9 Å². The molecule has 1 saturated heterocycles. The topological polar surface area (TPSA) is 20.3 Å². The van der Waals surface area contributed by atoms with Crippen molar-refractivity contribution in [1.82, 2.24) is 4.90 Å². The molecule has 1 aromatic carbocycles. The van der Waals surface area contributed by atoms with E-state index in [4.69, 9.17) is 0 Å². The summed E-state index contributed by atoms with van der Waals surface area (Å²) in [6, 6.07) is 5.01. The van der Waals surface area contributed by atoms with Gasteiger partial charge in [-0.05, 0) is 54.9 Å². The van der Waals surface area contributed by atoms with Crippen molar-refractivity contribution in [3.63, 3.8) is 0 Å². The Morgan fingerprint density at radius 1 is 1.24 bits per heavy atom. The molecule has 0 aromatic heterocycles. The number of aryl methyl sites for hydroxylation is 2. The van der Waals surface area contributed by atoms with Crippen molar-refractivity contribution in [2.45, 2.75) is 53.0 Å². The van der Waals surface area contributed by atoms with Crippen LogP contribution < -0.4 is 0 Å². The van der Waals surface area contributed by atoms with Gasteiger partial charge in [-0.3, -0.25) is 9.69 Å². The lowest BCUT2D eigenvalue weighted by Crippen LogP contribution is -2.46. The van der Waals surface area contributed by atoms with Gasteiger partial charge in [0.05, 0.1) is 0 Å². The molecule has 2 nitrogen and oxygen atoms in total. The molecule has 0 aliphatic carbocycles. The van der Waals surface area contributed by atoms with Crippen LogP contribution in [0.4, 0.5) is 0 Å². The van der Waals surface area contributed by atoms with Crippen molar-refractivity contribution in [1.29, 1.82) is 0 Å². The summed E-state index contributed by atoms with van der Waals surface area (Å²) in [7, 11) is 0. The fourth-order valence-corrected chi connectivity index (χ4v) is 4.02. The first-order valence-electron chi connectivity index (χ1n) is 8.32. The zero-order chi connectivity index (χ0) is 15.1. The lowest BCUT2D eigenvalue weighted by Gasteiger charge is -2.43. The third-order valence-electron chi connectivity index (χ3n) is 5.28. The predicted octanol–water partition coefficient (Wildman–Crippen LogP) is 3.84. The number of fused-ring (bicyclic) bond motifs is 3. The molecular formula is C19H27NO. The molecular weight excluding hydrogens is 258 g/mol. The number of carbonyl (C=O) groups excluding carboxylic acids is 1. The highest BCUT2D eigenvalue weighted by Crippen LogP contribution is 2.39. The van der Waals surface area contributed by atoms with Crippen molar-refractivity contribution in [2.24, 2.45) is 11.8 Å². The summed E-state index contributed by atoms with van der Waals surface area (Å²) in [6.07, 6.45) is 2.89. The molecule has 0 spiro atoms. The molecule has 2 aliphatic heterocycles. The van der Waals surface area contributed by atoms with Crippen molar-refractivity contribution < 1.29 is 4.79 Å². The van der Waals surface area contributed by atoms with Crippen LogP contribution >= 0.6 is 0 Å². The second-order valence-corrected chi connectivity index (χ2v) is 7.39. The van der Waals surface area contributed by atoms with Crippen molar-refractivity contribution in [2.75, 3.05) is 13.1 Å². The quantitative estimate of drug-likeness (QED) is 0.823. The highest BCUT2D eigenvalue weighted by Gasteiger charge is 2.37. The number of benzene rings is 1. The number of hydrogen-bond donors (Lipinski definition) is 0. The van der Waals surface area contributed by atoms with Gasteiger partial charge in [-0.1, -0.05) is 26.0 Å². The molecule has 0 radical (unpaired) electrons. The monoisotopic (exact) mass is 285 g/mol. The van der Waals surface area contributed by atoms with E-state index in [-0.39, 0.29) is 5.92 Å². The van der Waals surface area contributed by atoms with Crippen molar-refractivity contribution >= 4 is 5.78 Å². The van der Waals surface area contributed by atoms with E-state index in [1.807, 2.05) is 0 Å². The summed E-state index contributed by atoms with van der Waals surface area (Å²) in [4.78, 5) is 15.1. The number of hydrogen-bond acceptors (Lipinski definition) is 2. The van der Waals surface area contributed by atoms with Crippen LogP contribution in [0.1, 0.15) is 55.0 Å². The van der Waals surface area contributed by atoms with Gasteiger partial charge in [0.15, 0.2) is 0 Å². The number of Topliss-reactive ketones (excluding diaryl/α,β-unsaturated/α-hetero) is 1. The maximum absolute atomic E-state index is 12.5. The van der Waals surface area contributed by atoms with Crippen LogP contribution in [-0.4, -0.2) is 23.8 Å². The lowest BCUT2D eigenvalue weighted by molar-refractivity contribution is -0.129. The van der Waals surface area contributed by atoms with Crippen LogP contribution in [0, 0.1) is 25.7 Å². The Morgan fingerprint density at radius 2 is 1.95 bits per heavy atom. The van der Waals surface area contributed by atoms with E-state index in [1.165, 1.54) is 22.3 Å². The molecule has 1 fully saturated rings. The SMILES string of the molecule is Cc1cc2c(cc1C)[C@H]1CC(=O)[C@@H](CC(C)C)CN1CC2. The van der Waals surface area contributed by atoms with Crippen LogP contribution in [0.15, 0.2) is 12.1 Å². The lowest BCUT2D eigenvalue weighted by atomic mass is 9.79. The Bertz CT molecular complexity index is 561. The summed E-state index contributed by atoms with van der Waals surface area (Å²) >= 11 is 0. The minimum atomic E-state index is 0.259. The van der Waals surface area contributed by atoms with Gasteiger partial charge in [0.25, 0.3) is 0 Å². The normalized spacial score (nSPS) is 25.9. The highest BCUT2D eigenvalue weighted by atomic mass is 16.1. The van der Waals surface area contributed by atoms with Crippen molar-refractivity contribution in [3.8, 4) is 0 Å². The number of rotatable bonds is 2. The van der Waals surface area contributed by atoms with Gasteiger partial charge in [0.1, 0.15) is 5.78 Å². The van der Waals surface area contributed by atoms with Crippen LogP contribution in [0.3, 0.4) is 0 Å². The fraction of sp³-hybridized carbons (Fsp3) is 0.632. The van der Waals surface area contributed by atoms with E-state index in [0.29, 0.717) is 24.2 Å². The van der Waals surface area contributed by atoms with Gasteiger partial charge in [0, 0.05) is 31.5 Å². The third-order valence-corrected chi connectivity index (χ3v) is 5.28. The number of carbonyl (C=O) groups is 1. The molecule has 0 saturated carbocycles. The number of nitrogens with zero attached hydrogens (tertiary/aromatic N) is 1. The smallest absolute Gasteiger partial charge is 0.139 e. The first-order chi connectivity index (χ1) is 9.95. The summed E-state index contributed by atoms with van der Waals surface area (Å²) in [6.45, 7) is 10.9. The molecule has 0 unspecified atom stereocenters.